The van der Waals surface area contributed by atoms with Crippen LogP contribution in [-0.2, 0) is 16.6 Å². The molecular formula is C14H21FN2O2S. The third-order valence-corrected chi connectivity index (χ3v) is 5.60. The van der Waals surface area contributed by atoms with Crippen molar-refractivity contribution in [2.24, 2.45) is 11.7 Å². The normalized spacial score (nSPS) is 16.1. The van der Waals surface area contributed by atoms with Crippen molar-refractivity contribution in [1.82, 2.24) is 4.31 Å². The molecule has 6 heteroatoms. The molecule has 1 aliphatic carbocycles. The molecule has 0 bridgehead atoms. The minimum absolute atomic E-state index is 0.186. The number of nitrogens with two attached hydrogens (primary N) is 1. The summed E-state index contributed by atoms with van der Waals surface area (Å²) in [5.74, 6) is -0.312. The van der Waals surface area contributed by atoms with Gasteiger partial charge in [0.05, 0.1) is 0 Å². The Bertz CT molecular complexity index is 583. The molecule has 0 aromatic heterocycles. The Balaban J connectivity index is 2.36. The summed E-state index contributed by atoms with van der Waals surface area (Å²) in [6.07, 6.45) is 2.10. The smallest absolute Gasteiger partial charge is 0.246 e. The molecule has 0 atom stereocenters. The van der Waals surface area contributed by atoms with Crippen molar-refractivity contribution >= 4 is 10.0 Å². The summed E-state index contributed by atoms with van der Waals surface area (Å²) in [5.41, 5.74) is 6.02. The fourth-order valence-corrected chi connectivity index (χ4v) is 3.91. The SMILES string of the molecule is CC(C)N(CC1CC1)S(=O)(=O)c1ccc(CN)cc1F. The van der Waals surface area contributed by atoms with Gasteiger partial charge in [-0.2, -0.15) is 4.31 Å². The molecule has 1 aliphatic rings. The minimum atomic E-state index is -3.79. The number of halogens is 1. The van der Waals surface area contributed by atoms with Crippen molar-refractivity contribution in [3.8, 4) is 0 Å². The zero-order valence-electron chi connectivity index (χ0n) is 11.8. The largest absolute Gasteiger partial charge is 0.326 e. The van der Waals surface area contributed by atoms with E-state index in [4.69, 9.17) is 5.73 Å². The lowest BCUT2D eigenvalue weighted by atomic mass is 10.2. The summed E-state index contributed by atoms with van der Waals surface area (Å²) in [6, 6.07) is 3.89. The fourth-order valence-electron chi connectivity index (χ4n) is 2.15. The zero-order chi connectivity index (χ0) is 14.9. The van der Waals surface area contributed by atoms with Crippen LogP contribution in [-0.4, -0.2) is 25.3 Å². The Morgan fingerprint density at radius 3 is 2.50 bits per heavy atom. The van der Waals surface area contributed by atoms with E-state index >= 15 is 0 Å². The van der Waals surface area contributed by atoms with Crippen LogP contribution in [0.15, 0.2) is 23.1 Å². The highest BCUT2D eigenvalue weighted by atomic mass is 32.2. The molecule has 0 unspecified atom stereocenters. The first-order chi connectivity index (χ1) is 9.36. The molecule has 0 spiro atoms. The predicted octanol–water partition coefficient (Wildman–Crippen LogP) is 2.09. The van der Waals surface area contributed by atoms with Crippen LogP contribution in [0.25, 0.3) is 0 Å². The van der Waals surface area contributed by atoms with Gasteiger partial charge in [-0.1, -0.05) is 6.07 Å². The van der Waals surface area contributed by atoms with Crippen molar-refractivity contribution in [2.75, 3.05) is 6.54 Å². The van der Waals surface area contributed by atoms with Gasteiger partial charge >= 0.3 is 0 Å². The molecule has 112 valence electrons. The van der Waals surface area contributed by atoms with Crippen molar-refractivity contribution < 1.29 is 12.8 Å². The molecule has 1 aromatic rings. The topological polar surface area (TPSA) is 63.4 Å². The maximum atomic E-state index is 14.0. The van der Waals surface area contributed by atoms with Gasteiger partial charge in [0.25, 0.3) is 0 Å². The summed E-state index contributed by atoms with van der Waals surface area (Å²) < 4.78 is 40.7. The van der Waals surface area contributed by atoms with Crippen LogP contribution in [0.5, 0.6) is 0 Å². The van der Waals surface area contributed by atoms with Crippen LogP contribution in [0.1, 0.15) is 32.3 Å². The van der Waals surface area contributed by atoms with E-state index in [0.717, 1.165) is 12.8 Å². The number of benzene rings is 1. The lowest BCUT2D eigenvalue weighted by Crippen LogP contribution is -2.38. The van der Waals surface area contributed by atoms with Gasteiger partial charge in [0.15, 0.2) is 0 Å². The van der Waals surface area contributed by atoms with E-state index in [-0.39, 0.29) is 17.5 Å². The summed E-state index contributed by atoms with van der Waals surface area (Å²) in [7, 11) is -3.79. The second-order valence-electron chi connectivity index (χ2n) is 5.58. The monoisotopic (exact) mass is 300 g/mol. The van der Waals surface area contributed by atoms with E-state index in [1.165, 1.54) is 16.4 Å². The van der Waals surface area contributed by atoms with Gasteiger partial charge in [-0.05, 0) is 50.3 Å². The summed E-state index contributed by atoms with van der Waals surface area (Å²) in [6.45, 7) is 4.28. The van der Waals surface area contributed by atoms with Crippen molar-refractivity contribution in [1.29, 1.82) is 0 Å². The molecule has 0 amide bonds. The molecular weight excluding hydrogens is 279 g/mol. The molecule has 0 aliphatic heterocycles. The Kier molecular flexibility index (Phi) is 4.46. The van der Waals surface area contributed by atoms with E-state index in [1.54, 1.807) is 6.07 Å². The van der Waals surface area contributed by atoms with E-state index in [9.17, 15) is 12.8 Å². The van der Waals surface area contributed by atoms with E-state index in [2.05, 4.69) is 0 Å². The van der Waals surface area contributed by atoms with Crippen molar-refractivity contribution in [2.45, 2.75) is 44.2 Å². The molecule has 20 heavy (non-hydrogen) atoms. The summed E-state index contributed by atoms with van der Waals surface area (Å²) >= 11 is 0. The maximum absolute atomic E-state index is 14.0. The van der Waals surface area contributed by atoms with Crippen molar-refractivity contribution in [3.63, 3.8) is 0 Å². The van der Waals surface area contributed by atoms with Gasteiger partial charge in [0.2, 0.25) is 10.0 Å². The van der Waals surface area contributed by atoms with Gasteiger partial charge < -0.3 is 5.73 Å². The number of nitrogens with zero attached hydrogens (tertiary/aromatic N) is 1. The summed E-state index contributed by atoms with van der Waals surface area (Å²) in [5, 5.41) is 0. The fraction of sp³-hybridized carbons (Fsp3) is 0.571. The van der Waals surface area contributed by atoms with Gasteiger partial charge in [-0.15, -0.1) is 0 Å². The van der Waals surface area contributed by atoms with Gasteiger partial charge in [0.1, 0.15) is 10.7 Å². The first-order valence-corrected chi connectivity index (χ1v) is 8.30. The number of hydrogen-bond acceptors (Lipinski definition) is 3. The minimum Gasteiger partial charge on any atom is -0.326 e. The lowest BCUT2D eigenvalue weighted by molar-refractivity contribution is 0.340. The Morgan fingerprint density at radius 2 is 2.05 bits per heavy atom. The first-order valence-electron chi connectivity index (χ1n) is 6.86. The van der Waals surface area contributed by atoms with E-state index in [1.807, 2.05) is 13.8 Å². The highest BCUT2D eigenvalue weighted by Gasteiger charge is 2.34. The predicted molar refractivity (Wildman–Crippen MR) is 76.0 cm³/mol. The van der Waals surface area contributed by atoms with Crippen LogP contribution in [0, 0.1) is 11.7 Å². The Morgan fingerprint density at radius 1 is 1.40 bits per heavy atom. The zero-order valence-corrected chi connectivity index (χ0v) is 12.7. The van der Waals surface area contributed by atoms with Crippen LogP contribution in [0.2, 0.25) is 0 Å². The number of sulfonamides is 1. The highest BCUT2D eigenvalue weighted by molar-refractivity contribution is 7.89. The molecule has 0 heterocycles. The molecule has 0 radical (unpaired) electrons. The average Bonchev–Trinajstić information content (AvgIpc) is 3.18. The first kappa shape index (κ1) is 15.4. The molecule has 2 rings (SSSR count). The average molecular weight is 300 g/mol. The lowest BCUT2D eigenvalue weighted by Gasteiger charge is -2.26. The van der Waals surface area contributed by atoms with E-state index < -0.39 is 15.8 Å². The Labute approximate surface area is 119 Å². The van der Waals surface area contributed by atoms with Crippen LogP contribution < -0.4 is 5.73 Å². The Hall–Kier alpha value is -0.980. The second-order valence-corrected chi connectivity index (χ2v) is 7.44. The molecule has 1 saturated carbocycles. The molecule has 0 saturated heterocycles. The summed E-state index contributed by atoms with van der Waals surface area (Å²) in [4.78, 5) is -0.260. The second kappa shape index (κ2) is 5.79. The third kappa shape index (κ3) is 3.19. The van der Waals surface area contributed by atoms with Crippen LogP contribution >= 0.6 is 0 Å². The quantitative estimate of drug-likeness (QED) is 0.875. The van der Waals surface area contributed by atoms with Gasteiger partial charge in [-0.3, -0.25) is 0 Å². The molecule has 4 nitrogen and oxygen atoms in total. The third-order valence-electron chi connectivity index (χ3n) is 3.53. The number of hydrogen-bond donors (Lipinski definition) is 1. The van der Waals surface area contributed by atoms with Crippen LogP contribution in [0.3, 0.4) is 0 Å². The highest BCUT2D eigenvalue weighted by Crippen LogP contribution is 2.33. The van der Waals surface area contributed by atoms with Gasteiger partial charge in [0, 0.05) is 19.1 Å². The molecule has 2 N–H and O–H groups in total. The molecule has 1 fully saturated rings. The number of rotatable bonds is 6. The van der Waals surface area contributed by atoms with Crippen LogP contribution in [0.4, 0.5) is 4.39 Å². The van der Waals surface area contributed by atoms with E-state index in [0.29, 0.717) is 18.0 Å². The maximum Gasteiger partial charge on any atom is 0.246 e. The molecule has 1 aromatic carbocycles. The van der Waals surface area contributed by atoms with Gasteiger partial charge in [-0.25, -0.2) is 12.8 Å². The standard InChI is InChI=1S/C14H21FN2O2S/c1-10(2)17(9-11-3-4-11)20(18,19)14-6-5-12(8-16)7-13(14)15/h5-7,10-11H,3-4,8-9,16H2,1-2H3. The van der Waals surface area contributed by atoms with Crippen molar-refractivity contribution in [3.05, 3.63) is 29.6 Å².